The molecule has 0 unspecified atom stereocenters. The SMILES string of the molecule is CCc1c(C(=O)C(N)=O)c2c(OCC(=O)NC(C(=O)O)C(=O)O)cccc2n1Cc1ccccc1.CCc1c(C(=O)C(N)=O)c2c(OCC(=O)NC(C(=O)OC)C(=O)OC)cccc2n1Cc1ccccc1. The Labute approximate surface area is 409 Å². The third kappa shape index (κ3) is 12.3. The summed E-state index contributed by atoms with van der Waals surface area (Å²) in [4.78, 5) is 120. The van der Waals surface area contributed by atoms with E-state index in [0.29, 0.717) is 53.7 Å². The monoisotopic (exact) mass is 990 g/mol. The zero-order valence-corrected chi connectivity index (χ0v) is 39.3. The molecule has 0 radical (unpaired) electrons. The fourth-order valence-corrected chi connectivity index (χ4v) is 7.82. The average Bonchev–Trinajstić information content (AvgIpc) is 3.87. The number of carboxylic acid groups (broad SMARTS) is 2. The summed E-state index contributed by atoms with van der Waals surface area (Å²) >= 11 is 0. The zero-order valence-electron chi connectivity index (χ0n) is 39.3. The summed E-state index contributed by atoms with van der Waals surface area (Å²) in [5.41, 5.74) is 15.0. The van der Waals surface area contributed by atoms with Crippen LogP contribution in [0.5, 0.6) is 11.5 Å². The lowest BCUT2D eigenvalue weighted by Gasteiger charge is -2.15. The maximum atomic E-state index is 12.9. The van der Waals surface area contributed by atoms with Crippen LogP contribution in [0.4, 0.5) is 0 Å². The second kappa shape index (κ2) is 24.3. The first-order valence-corrected chi connectivity index (χ1v) is 21.9. The number of carbonyl (C=O) groups excluding carboxylic acids is 8. The highest BCUT2D eigenvalue weighted by Crippen LogP contribution is 2.37. The number of hydrogen-bond acceptors (Lipinski definition) is 14. The van der Waals surface area contributed by atoms with E-state index >= 15 is 0 Å². The van der Waals surface area contributed by atoms with Crippen molar-refractivity contribution < 1.29 is 77.1 Å². The zero-order chi connectivity index (χ0) is 52.8. The number of rotatable bonds is 22. The molecule has 22 heteroatoms. The summed E-state index contributed by atoms with van der Waals surface area (Å²) in [5.74, 6) is -11.2. The van der Waals surface area contributed by atoms with E-state index in [2.05, 4.69) is 14.8 Å². The number of primary amides is 2. The Balaban J connectivity index is 0.000000268. The summed E-state index contributed by atoms with van der Waals surface area (Å²) in [5, 5.41) is 22.5. The van der Waals surface area contributed by atoms with Gasteiger partial charge in [-0.05, 0) is 48.2 Å². The van der Waals surface area contributed by atoms with Crippen LogP contribution < -0.4 is 31.6 Å². The van der Waals surface area contributed by atoms with Crippen molar-refractivity contribution in [2.24, 2.45) is 11.5 Å². The Kier molecular flexibility index (Phi) is 18.1. The molecule has 8 N–H and O–H groups in total. The number of ether oxygens (including phenoxy) is 4. The van der Waals surface area contributed by atoms with Crippen LogP contribution in [0.3, 0.4) is 0 Å². The fraction of sp³-hybridized carbons (Fsp3) is 0.240. The normalized spacial score (nSPS) is 10.8. The lowest BCUT2D eigenvalue weighted by molar-refractivity contribution is -0.157. The van der Waals surface area contributed by atoms with Crippen molar-refractivity contribution in [2.45, 2.75) is 51.9 Å². The average molecular weight is 991 g/mol. The number of carboxylic acids is 2. The number of ketones is 2. The summed E-state index contributed by atoms with van der Waals surface area (Å²) < 4.78 is 24.1. The van der Waals surface area contributed by atoms with Crippen molar-refractivity contribution in [3.8, 4) is 11.5 Å². The summed E-state index contributed by atoms with van der Waals surface area (Å²) in [6, 6.07) is 25.0. The Bertz CT molecular complexity index is 3040. The third-order valence-electron chi connectivity index (χ3n) is 11.0. The van der Waals surface area contributed by atoms with E-state index < -0.39 is 84.4 Å². The van der Waals surface area contributed by atoms with E-state index in [9.17, 15) is 47.9 Å². The topological polar surface area (TPSA) is 334 Å². The molecule has 22 nitrogen and oxygen atoms in total. The number of methoxy groups -OCH3 is 2. The molecule has 0 aliphatic rings. The molecule has 0 bridgehead atoms. The van der Waals surface area contributed by atoms with Gasteiger partial charge in [-0.3, -0.25) is 28.8 Å². The molecule has 0 saturated carbocycles. The van der Waals surface area contributed by atoms with Gasteiger partial charge < -0.3 is 60.4 Å². The molecule has 0 fully saturated rings. The molecule has 4 aromatic carbocycles. The molecule has 0 spiro atoms. The number of esters is 2. The number of aromatic nitrogens is 2. The maximum Gasteiger partial charge on any atom is 0.340 e. The van der Waals surface area contributed by atoms with Crippen molar-refractivity contribution in [1.82, 2.24) is 19.8 Å². The van der Waals surface area contributed by atoms with Crippen molar-refractivity contribution in [3.63, 3.8) is 0 Å². The van der Waals surface area contributed by atoms with Gasteiger partial charge in [-0.1, -0.05) is 86.6 Å². The smallest absolute Gasteiger partial charge is 0.340 e. The minimum Gasteiger partial charge on any atom is -0.483 e. The number of nitrogens with zero attached hydrogens (tertiary/aromatic N) is 2. The van der Waals surface area contributed by atoms with E-state index in [1.54, 1.807) is 24.3 Å². The summed E-state index contributed by atoms with van der Waals surface area (Å²) in [6.45, 7) is 3.12. The van der Waals surface area contributed by atoms with Gasteiger partial charge in [-0.15, -0.1) is 0 Å². The maximum absolute atomic E-state index is 12.9. The van der Waals surface area contributed by atoms with Crippen molar-refractivity contribution in [1.29, 1.82) is 0 Å². The molecule has 0 aliphatic heterocycles. The van der Waals surface area contributed by atoms with Gasteiger partial charge >= 0.3 is 23.9 Å². The van der Waals surface area contributed by atoms with Crippen molar-refractivity contribution in [3.05, 3.63) is 131 Å². The molecule has 0 atom stereocenters. The lowest BCUT2D eigenvalue weighted by atomic mass is 10.0. The number of nitrogens with one attached hydrogen (secondary N) is 2. The Hall–Kier alpha value is -9.34. The van der Waals surface area contributed by atoms with Crippen LogP contribution in [0.25, 0.3) is 21.8 Å². The van der Waals surface area contributed by atoms with Crippen LogP contribution in [-0.4, -0.2) is 118 Å². The Morgan fingerprint density at radius 1 is 0.528 bits per heavy atom. The van der Waals surface area contributed by atoms with E-state index in [1.807, 2.05) is 89.0 Å². The van der Waals surface area contributed by atoms with Gasteiger partial charge in [0.15, 0.2) is 13.2 Å². The standard InChI is InChI=1S/C26H27N3O8.C24H23N3O8/c1-4-16-21(23(31)24(27)32)20-17(29(16)13-15-9-6-5-7-10-15)11-8-12-18(20)37-14-19(30)28-22(25(33)35-2)26(34)36-3;1-2-14-19(21(29)22(25)30)18-15(27(14)11-13-7-4-3-5-8-13)9-6-10-16(18)35-12-17(28)26-20(23(31)32)24(33)34/h5-12,22H,4,13-14H2,1-3H3,(H2,27,32)(H,28,30);3-10,20H,2,11-12H2,1H3,(H2,25,30)(H,26,28)(H,31,32)(H,33,34). The molecular formula is C50H50N6O16. The highest BCUT2D eigenvalue weighted by Gasteiger charge is 2.33. The number of carbonyl (C=O) groups is 10. The first-order chi connectivity index (χ1) is 34.4. The van der Waals surface area contributed by atoms with Crippen LogP contribution in [0.15, 0.2) is 97.1 Å². The second-order valence-electron chi connectivity index (χ2n) is 15.5. The molecule has 6 rings (SSSR count). The fourth-order valence-electron chi connectivity index (χ4n) is 7.82. The molecule has 0 aliphatic carbocycles. The van der Waals surface area contributed by atoms with Gasteiger partial charge in [0.1, 0.15) is 11.5 Å². The Morgan fingerprint density at radius 3 is 1.21 bits per heavy atom. The Morgan fingerprint density at radius 2 is 0.889 bits per heavy atom. The number of fused-ring (bicyclic) bond motifs is 2. The molecule has 2 heterocycles. The quantitative estimate of drug-likeness (QED) is 0.0245. The predicted molar refractivity (Wildman–Crippen MR) is 255 cm³/mol. The van der Waals surface area contributed by atoms with Gasteiger partial charge in [0, 0.05) is 24.5 Å². The largest absolute Gasteiger partial charge is 0.483 e. The summed E-state index contributed by atoms with van der Waals surface area (Å²) in [6.07, 6.45) is 0.796. The number of hydrogen-bond donors (Lipinski definition) is 6. The predicted octanol–water partition coefficient (Wildman–Crippen LogP) is 2.08. The summed E-state index contributed by atoms with van der Waals surface area (Å²) in [7, 11) is 2.12. The molecule has 0 saturated heterocycles. The highest BCUT2D eigenvalue weighted by molar-refractivity contribution is 6.46. The molecule has 72 heavy (non-hydrogen) atoms. The van der Waals surface area contributed by atoms with Crippen molar-refractivity contribution in [2.75, 3.05) is 27.4 Å². The van der Waals surface area contributed by atoms with Gasteiger partial charge in [0.05, 0.1) is 47.2 Å². The van der Waals surface area contributed by atoms with Crippen LogP contribution in [0, 0.1) is 0 Å². The van der Waals surface area contributed by atoms with Crippen LogP contribution in [-0.2, 0) is 73.8 Å². The van der Waals surface area contributed by atoms with Gasteiger partial charge in [-0.2, -0.15) is 0 Å². The highest BCUT2D eigenvalue weighted by atomic mass is 16.5. The first-order valence-electron chi connectivity index (χ1n) is 21.9. The van der Waals surface area contributed by atoms with E-state index in [4.69, 9.17) is 31.2 Å². The number of aliphatic carboxylic acids is 2. The number of Topliss-reactive ketones (excluding diaryl/α,β-unsaturated/α-hetero) is 2. The number of nitrogens with two attached hydrogens (primary N) is 2. The first kappa shape index (κ1) is 53.6. The van der Waals surface area contributed by atoms with Crippen LogP contribution in [0.2, 0.25) is 0 Å². The van der Waals surface area contributed by atoms with Crippen LogP contribution >= 0.6 is 0 Å². The molecule has 4 amide bonds. The lowest BCUT2D eigenvalue weighted by Crippen LogP contribution is -2.49. The number of amides is 4. The third-order valence-corrected chi connectivity index (χ3v) is 11.0. The molecular weight excluding hydrogens is 941 g/mol. The molecule has 6 aromatic rings. The van der Waals surface area contributed by atoms with Crippen molar-refractivity contribution >= 4 is 80.9 Å². The second-order valence-corrected chi connectivity index (χ2v) is 15.5. The molecule has 2 aromatic heterocycles. The molecule has 376 valence electrons. The van der Waals surface area contributed by atoms with Crippen LogP contribution in [0.1, 0.15) is 57.1 Å². The van der Waals surface area contributed by atoms with Gasteiger partial charge in [0.2, 0.25) is 12.1 Å². The minimum atomic E-state index is -2.15. The minimum absolute atomic E-state index is 0.0517. The number of benzene rings is 4. The van der Waals surface area contributed by atoms with Gasteiger partial charge in [0.25, 0.3) is 35.2 Å². The van der Waals surface area contributed by atoms with E-state index in [1.165, 1.54) is 12.1 Å². The van der Waals surface area contributed by atoms with E-state index in [-0.39, 0.29) is 28.0 Å². The van der Waals surface area contributed by atoms with E-state index in [0.717, 1.165) is 25.3 Å². The van der Waals surface area contributed by atoms with Gasteiger partial charge in [-0.25, -0.2) is 19.2 Å².